The first-order valence-electron chi connectivity index (χ1n) is 6.11. The third kappa shape index (κ3) is 6.15. The van der Waals surface area contributed by atoms with E-state index in [1.54, 1.807) is 0 Å². The van der Waals surface area contributed by atoms with Crippen molar-refractivity contribution >= 4 is 110 Å². The number of nitro benzene ring substituents is 1. The highest BCUT2D eigenvalue weighted by Gasteiger charge is 2.29. The highest BCUT2D eigenvalue weighted by Crippen LogP contribution is 2.47. The number of nitro groups is 1. The minimum Gasteiger partial charge on any atom is -0.469 e. The molecule has 0 aliphatic rings. The van der Waals surface area contributed by atoms with Gasteiger partial charge in [-0.05, 0) is 6.92 Å². The van der Waals surface area contributed by atoms with Gasteiger partial charge in [-0.2, -0.15) is 9.36 Å². The van der Waals surface area contributed by atoms with Crippen molar-refractivity contribution in [1.29, 1.82) is 0 Å². The van der Waals surface area contributed by atoms with Gasteiger partial charge in [0.2, 0.25) is 0 Å². The topological polar surface area (TPSA) is 78.2 Å². The molecule has 0 amide bonds. The first kappa shape index (κ1) is 24.3. The molecule has 2 rings (SSSR count). The third-order valence-corrected chi connectivity index (χ3v) is 5.69. The number of alkyl halides is 3. The SMILES string of the molecule is CCOc1nc(C(Cl)(Cl)Cl)ns1.O=[N+]([O-])c1c(Cl)c(Cl)c(Cl)c(Cl)c1Cl. The zero-order chi connectivity index (χ0) is 20.2. The van der Waals surface area contributed by atoms with Crippen molar-refractivity contribution in [3.05, 3.63) is 41.1 Å². The number of halogens is 8. The van der Waals surface area contributed by atoms with Gasteiger partial charge in [0.25, 0.3) is 8.99 Å². The van der Waals surface area contributed by atoms with Gasteiger partial charge in [0.1, 0.15) is 10.0 Å². The molecule has 26 heavy (non-hydrogen) atoms. The molecule has 1 heterocycles. The highest BCUT2D eigenvalue weighted by molar-refractivity contribution is 7.07. The zero-order valence-electron chi connectivity index (χ0n) is 12.2. The summed E-state index contributed by atoms with van der Waals surface area (Å²) < 4.78 is 7.30. The Morgan fingerprint density at radius 2 is 1.50 bits per heavy atom. The predicted molar refractivity (Wildman–Crippen MR) is 108 cm³/mol. The predicted octanol–water partition coefficient (Wildman–Crippen LogP) is 7.63. The van der Waals surface area contributed by atoms with Crippen LogP contribution in [0.5, 0.6) is 5.19 Å². The first-order chi connectivity index (χ1) is 11.9. The monoisotopic (exact) mass is 539 g/mol. The fourth-order valence-corrected chi connectivity index (χ4v) is 3.57. The van der Waals surface area contributed by atoms with E-state index in [0.29, 0.717) is 11.8 Å². The largest absolute Gasteiger partial charge is 0.469 e. The van der Waals surface area contributed by atoms with Gasteiger partial charge >= 0.3 is 5.69 Å². The van der Waals surface area contributed by atoms with Gasteiger partial charge in [-0.3, -0.25) is 10.1 Å². The summed E-state index contributed by atoms with van der Waals surface area (Å²) in [4.78, 5) is 13.6. The van der Waals surface area contributed by atoms with E-state index in [0.717, 1.165) is 11.5 Å². The number of hydrogen-bond donors (Lipinski definition) is 0. The van der Waals surface area contributed by atoms with Crippen LogP contribution in [0.25, 0.3) is 0 Å². The molecule has 0 saturated heterocycles. The van der Waals surface area contributed by atoms with Crippen molar-refractivity contribution < 1.29 is 9.66 Å². The first-order valence-corrected chi connectivity index (χ1v) is 9.91. The van der Waals surface area contributed by atoms with Crippen molar-refractivity contribution in [2.45, 2.75) is 10.7 Å². The van der Waals surface area contributed by atoms with Gasteiger partial charge in [-0.15, -0.1) is 0 Å². The van der Waals surface area contributed by atoms with Crippen LogP contribution in [0.3, 0.4) is 0 Å². The lowest BCUT2D eigenvalue weighted by molar-refractivity contribution is -0.384. The number of benzene rings is 1. The minimum absolute atomic E-state index is 0.103. The molecule has 0 radical (unpaired) electrons. The van der Waals surface area contributed by atoms with E-state index in [1.807, 2.05) is 6.92 Å². The van der Waals surface area contributed by atoms with E-state index >= 15 is 0 Å². The molecule has 0 spiro atoms. The summed E-state index contributed by atoms with van der Waals surface area (Å²) in [5.74, 6) is 0.154. The van der Waals surface area contributed by atoms with Crippen LogP contribution in [0.4, 0.5) is 5.69 Å². The van der Waals surface area contributed by atoms with Gasteiger partial charge in [0.15, 0.2) is 5.82 Å². The number of aromatic nitrogens is 2. The summed E-state index contributed by atoms with van der Waals surface area (Å²) in [5.41, 5.74) is -0.548. The smallest absolute Gasteiger partial charge is 0.309 e. The van der Waals surface area contributed by atoms with Crippen molar-refractivity contribution in [2.24, 2.45) is 0 Å². The molecule has 1 aromatic carbocycles. The van der Waals surface area contributed by atoms with E-state index < -0.39 is 14.4 Å². The number of rotatable bonds is 3. The molecule has 0 aliphatic carbocycles. The average molecular weight is 543 g/mol. The second kappa shape index (κ2) is 10.2. The number of nitrogens with zero attached hydrogens (tertiary/aromatic N) is 3. The van der Waals surface area contributed by atoms with E-state index in [9.17, 15) is 10.1 Å². The van der Waals surface area contributed by atoms with Crippen molar-refractivity contribution in [2.75, 3.05) is 6.61 Å². The molecular weight excluding hydrogens is 538 g/mol. The van der Waals surface area contributed by atoms with Crippen LogP contribution < -0.4 is 4.74 Å². The Balaban J connectivity index is 0.000000263. The lowest BCUT2D eigenvalue weighted by atomic mass is 10.3. The summed E-state index contributed by atoms with van der Waals surface area (Å²) in [7, 11) is 0. The van der Waals surface area contributed by atoms with Crippen LogP contribution >= 0.6 is 104 Å². The van der Waals surface area contributed by atoms with Gasteiger partial charge in [-0.1, -0.05) is 92.8 Å². The van der Waals surface area contributed by atoms with Crippen LogP contribution in [0.2, 0.25) is 25.1 Å². The van der Waals surface area contributed by atoms with Crippen LogP contribution in [0, 0.1) is 10.1 Å². The lowest BCUT2D eigenvalue weighted by Gasteiger charge is -2.05. The standard InChI is InChI=1S/C6Cl5NO2.C5H5Cl3N2OS/c7-1-2(8)4(10)6(12(13)14)5(11)3(1)9;1-2-11-4-9-3(10-12-4)5(6,7)8/h;2H2,1H3. The molecule has 15 heteroatoms. The van der Waals surface area contributed by atoms with Gasteiger partial charge in [-0.25, -0.2) is 0 Å². The second-order valence-electron chi connectivity index (χ2n) is 3.99. The van der Waals surface area contributed by atoms with Crippen LogP contribution in [-0.2, 0) is 3.79 Å². The van der Waals surface area contributed by atoms with Crippen molar-refractivity contribution in [3.63, 3.8) is 0 Å². The summed E-state index contributed by atoms with van der Waals surface area (Å²) >= 11 is 45.6. The molecule has 0 aliphatic heterocycles. The fourth-order valence-electron chi connectivity index (χ4n) is 1.26. The Morgan fingerprint density at radius 3 is 1.85 bits per heavy atom. The molecule has 2 aromatic rings. The molecule has 0 unspecified atom stereocenters. The summed E-state index contributed by atoms with van der Waals surface area (Å²) in [5, 5.41) is 9.83. The Bertz CT molecular complexity index is 782. The molecule has 0 fully saturated rings. The Kier molecular flexibility index (Phi) is 9.53. The summed E-state index contributed by atoms with van der Waals surface area (Å²) in [6.45, 7) is 2.37. The Labute approximate surface area is 191 Å². The Hall–Kier alpha value is 0.300. The van der Waals surface area contributed by atoms with E-state index in [2.05, 4.69) is 9.36 Å². The quantitative estimate of drug-likeness (QED) is 0.131. The second-order valence-corrected chi connectivity index (χ2v) is 8.88. The summed E-state index contributed by atoms with van der Waals surface area (Å²) in [6, 6.07) is 0. The maximum absolute atomic E-state index is 10.5. The molecule has 1 aromatic heterocycles. The molecule has 0 saturated carbocycles. The van der Waals surface area contributed by atoms with Crippen LogP contribution in [0.15, 0.2) is 0 Å². The zero-order valence-corrected chi connectivity index (χ0v) is 19.1. The van der Waals surface area contributed by atoms with Crippen LogP contribution in [-0.4, -0.2) is 20.9 Å². The average Bonchev–Trinajstić information content (AvgIpc) is 3.01. The summed E-state index contributed by atoms with van der Waals surface area (Å²) in [6.07, 6.45) is 0. The molecule has 0 bridgehead atoms. The van der Waals surface area contributed by atoms with Crippen LogP contribution in [0.1, 0.15) is 12.7 Å². The molecule has 144 valence electrons. The van der Waals surface area contributed by atoms with E-state index in [-0.39, 0.29) is 30.9 Å². The van der Waals surface area contributed by atoms with E-state index in [4.69, 9.17) is 97.5 Å². The fraction of sp³-hybridized carbons (Fsp3) is 0.273. The highest BCUT2D eigenvalue weighted by atomic mass is 35.6. The molecular formula is C11H5Cl8N3O3S. The maximum atomic E-state index is 10.5. The minimum atomic E-state index is -1.56. The van der Waals surface area contributed by atoms with Gasteiger partial charge in [0.05, 0.1) is 26.6 Å². The maximum Gasteiger partial charge on any atom is 0.309 e. The van der Waals surface area contributed by atoms with E-state index in [1.165, 1.54) is 0 Å². The molecule has 0 atom stereocenters. The normalized spacial score (nSPS) is 11.0. The Morgan fingerprint density at radius 1 is 1.04 bits per heavy atom. The van der Waals surface area contributed by atoms with Gasteiger partial charge in [0, 0.05) is 11.5 Å². The number of hydrogen-bond acceptors (Lipinski definition) is 6. The lowest BCUT2D eigenvalue weighted by Crippen LogP contribution is -2.02. The van der Waals surface area contributed by atoms with Crippen molar-refractivity contribution in [1.82, 2.24) is 9.36 Å². The molecule has 6 nitrogen and oxygen atoms in total. The third-order valence-electron chi connectivity index (χ3n) is 2.30. The van der Waals surface area contributed by atoms with Crippen molar-refractivity contribution in [3.8, 4) is 5.19 Å². The van der Waals surface area contributed by atoms with Gasteiger partial charge < -0.3 is 4.74 Å². The number of ether oxygens (including phenoxy) is 1. The molecule has 0 N–H and O–H groups in total.